The van der Waals surface area contributed by atoms with Crippen molar-refractivity contribution < 1.29 is 14.3 Å². The number of nitrogens with zero attached hydrogens (tertiary/aromatic N) is 1. The Balaban J connectivity index is 2.19. The van der Waals surface area contributed by atoms with E-state index in [-0.39, 0.29) is 6.10 Å². The quantitative estimate of drug-likeness (QED) is 0.774. The second kappa shape index (κ2) is 4.61. The molecule has 3 nitrogen and oxygen atoms in total. The number of anilines is 1. The van der Waals surface area contributed by atoms with Gasteiger partial charge < -0.3 is 10.0 Å². The molecule has 4 heteroatoms. The van der Waals surface area contributed by atoms with Gasteiger partial charge in [-0.05, 0) is 31.0 Å². The van der Waals surface area contributed by atoms with Gasteiger partial charge in [0.25, 0.3) is 0 Å². The standard InChI is InChI=1S/C12H14FNO2/c13-10-5-9(8-15)6-11(7-10)14-3-1-12(16)2-4-14/h5-8,12,16H,1-4H2. The van der Waals surface area contributed by atoms with Crippen LogP contribution in [0.3, 0.4) is 0 Å². The summed E-state index contributed by atoms with van der Waals surface area (Å²) in [6.45, 7) is 1.39. The lowest BCUT2D eigenvalue weighted by atomic mass is 10.1. The van der Waals surface area contributed by atoms with Gasteiger partial charge >= 0.3 is 0 Å². The molecule has 0 amide bonds. The lowest BCUT2D eigenvalue weighted by Crippen LogP contribution is -2.35. The summed E-state index contributed by atoms with van der Waals surface area (Å²) in [6.07, 6.45) is 1.76. The van der Waals surface area contributed by atoms with Crippen molar-refractivity contribution in [3.8, 4) is 0 Å². The molecular formula is C12H14FNO2. The highest BCUT2D eigenvalue weighted by atomic mass is 19.1. The van der Waals surface area contributed by atoms with Gasteiger partial charge in [0.2, 0.25) is 0 Å². The molecule has 0 bridgehead atoms. The Morgan fingerprint density at radius 3 is 2.62 bits per heavy atom. The largest absolute Gasteiger partial charge is 0.393 e. The number of carbonyl (C=O) groups excluding carboxylic acids is 1. The van der Waals surface area contributed by atoms with E-state index in [9.17, 15) is 14.3 Å². The van der Waals surface area contributed by atoms with Crippen LogP contribution in [0, 0.1) is 5.82 Å². The molecule has 1 fully saturated rings. The smallest absolute Gasteiger partial charge is 0.150 e. The normalized spacial score (nSPS) is 17.5. The van der Waals surface area contributed by atoms with E-state index in [4.69, 9.17) is 0 Å². The number of carbonyl (C=O) groups is 1. The first-order chi connectivity index (χ1) is 7.69. The predicted octanol–water partition coefficient (Wildman–Crippen LogP) is 1.60. The molecule has 1 aromatic rings. The van der Waals surface area contributed by atoms with Crippen molar-refractivity contribution in [1.29, 1.82) is 0 Å². The van der Waals surface area contributed by atoms with E-state index >= 15 is 0 Å². The van der Waals surface area contributed by atoms with Gasteiger partial charge in [0.15, 0.2) is 0 Å². The fraction of sp³-hybridized carbons (Fsp3) is 0.417. The number of hydrogen-bond acceptors (Lipinski definition) is 3. The minimum atomic E-state index is -0.397. The molecule has 1 aliphatic heterocycles. The Bertz CT molecular complexity index is 387. The van der Waals surface area contributed by atoms with Crippen LogP contribution in [0.15, 0.2) is 18.2 Å². The molecule has 1 aliphatic rings. The Kier molecular flexibility index (Phi) is 3.19. The molecule has 16 heavy (non-hydrogen) atoms. The second-order valence-electron chi connectivity index (χ2n) is 4.08. The van der Waals surface area contributed by atoms with Crippen LogP contribution in [0.4, 0.5) is 10.1 Å². The Labute approximate surface area is 93.5 Å². The summed E-state index contributed by atoms with van der Waals surface area (Å²) in [5, 5.41) is 9.37. The Morgan fingerprint density at radius 2 is 2.00 bits per heavy atom. The van der Waals surface area contributed by atoms with Gasteiger partial charge in [-0.15, -0.1) is 0 Å². The molecule has 0 radical (unpaired) electrons. The number of piperidine rings is 1. The molecule has 0 unspecified atom stereocenters. The highest BCUT2D eigenvalue weighted by molar-refractivity contribution is 5.77. The van der Waals surface area contributed by atoms with Gasteiger partial charge in [-0.1, -0.05) is 0 Å². The third-order valence-corrected chi connectivity index (χ3v) is 2.87. The van der Waals surface area contributed by atoms with Crippen LogP contribution in [0.2, 0.25) is 0 Å². The zero-order valence-electron chi connectivity index (χ0n) is 8.90. The van der Waals surface area contributed by atoms with Gasteiger partial charge in [0.05, 0.1) is 6.10 Å². The molecule has 0 aliphatic carbocycles. The first-order valence-corrected chi connectivity index (χ1v) is 5.38. The summed E-state index contributed by atoms with van der Waals surface area (Å²) in [5.41, 5.74) is 1.06. The maximum atomic E-state index is 13.2. The highest BCUT2D eigenvalue weighted by Crippen LogP contribution is 2.22. The van der Waals surface area contributed by atoms with Crippen LogP contribution >= 0.6 is 0 Å². The maximum absolute atomic E-state index is 13.2. The number of aliphatic hydroxyl groups excluding tert-OH is 1. The van der Waals surface area contributed by atoms with Crippen molar-refractivity contribution in [3.63, 3.8) is 0 Å². The molecule has 0 saturated carbocycles. The predicted molar refractivity (Wildman–Crippen MR) is 59.2 cm³/mol. The minimum Gasteiger partial charge on any atom is -0.393 e. The van der Waals surface area contributed by atoms with Crippen molar-refractivity contribution >= 4 is 12.0 Å². The third kappa shape index (κ3) is 2.39. The summed E-state index contributed by atoms with van der Waals surface area (Å²) in [5.74, 6) is -0.397. The monoisotopic (exact) mass is 223 g/mol. The molecule has 0 spiro atoms. The summed E-state index contributed by atoms with van der Waals surface area (Å²) < 4.78 is 13.2. The van der Waals surface area contributed by atoms with Gasteiger partial charge in [0, 0.05) is 24.3 Å². The first kappa shape index (κ1) is 11.1. The van der Waals surface area contributed by atoms with Crippen molar-refractivity contribution in [2.75, 3.05) is 18.0 Å². The van der Waals surface area contributed by atoms with E-state index in [1.54, 1.807) is 6.07 Å². The van der Waals surface area contributed by atoms with Crippen LogP contribution < -0.4 is 4.90 Å². The van der Waals surface area contributed by atoms with Crippen molar-refractivity contribution in [2.45, 2.75) is 18.9 Å². The first-order valence-electron chi connectivity index (χ1n) is 5.38. The zero-order valence-corrected chi connectivity index (χ0v) is 8.90. The molecule has 2 rings (SSSR count). The van der Waals surface area contributed by atoms with E-state index in [0.717, 1.165) is 0 Å². The van der Waals surface area contributed by atoms with Gasteiger partial charge in [-0.2, -0.15) is 0 Å². The molecule has 1 N–H and O–H groups in total. The second-order valence-corrected chi connectivity index (χ2v) is 4.08. The number of aldehydes is 1. The lowest BCUT2D eigenvalue weighted by molar-refractivity contribution is 0.112. The third-order valence-electron chi connectivity index (χ3n) is 2.87. The highest BCUT2D eigenvalue weighted by Gasteiger charge is 2.17. The zero-order chi connectivity index (χ0) is 11.5. The van der Waals surface area contributed by atoms with Crippen LogP contribution in [-0.2, 0) is 0 Å². The molecular weight excluding hydrogens is 209 g/mol. The molecule has 1 saturated heterocycles. The molecule has 1 heterocycles. The Morgan fingerprint density at radius 1 is 1.31 bits per heavy atom. The van der Waals surface area contributed by atoms with Crippen LogP contribution in [0.5, 0.6) is 0 Å². The van der Waals surface area contributed by atoms with Crippen LogP contribution in [0.1, 0.15) is 23.2 Å². The van der Waals surface area contributed by atoms with Gasteiger partial charge in [-0.25, -0.2) is 4.39 Å². The fourth-order valence-corrected chi connectivity index (χ4v) is 1.97. The Hall–Kier alpha value is -1.42. The summed E-state index contributed by atoms with van der Waals surface area (Å²) in [6, 6.07) is 4.31. The average Bonchev–Trinajstić information content (AvgIpc) is 2.29. The van der Waals surface area contributed by atoms with E-state index in [2.05, 4.69) is 0 Å². The SMILES string of the molecule is O=Cc1cc(F)cc(N2CCC(O)CC2)c1. The van der Waals surface area contributed by atoms with Crippen molar-refractivity contribution in [1.82, 2.24) is 0 Å². The summed E-state index contributed by atoms with van der Waals surface area (Å²) >= 11 is 0. The summed E-state index contributed by atoms with van der Waals surface area (Å²) in [4.78, 5) is 12.6. The topological polar surface area (TPSA) is 40.5 Å². The van der Waals surface area contributed by atoms with Crippen molar-refractivity contribution in [2.24, 2.45) is 0 Å². The van der Waals surface area contributed by atoms with Crippen LogP contribution in [-0.4, -0.2) is 30.6 Å². The van der Waals surface area contributed by atoms with Crippen molar-refractivity contribution in [3.05, 3.63) is 29.6 Å². The molecule has 0 atom stereocenters. The van der Waals surface area contributed by atoms with Crippen LogP contribution in [0.25, 0.3) is 0 Å². The van der Waals surface area contributed by atoms with E-state index in [0.29, 0.717) is 43.5 Å². The minimum absolute atomic E-state index is 0.254. The number of benzene rings is 1. The number of hydrogen-bond donors (Lipinski definition) is 1. The maximum Gasteiger partial charge on any atom is 0.150 e. The molecule has 86 valence electrons. The van der Waals surface area contributed by atoms with Gasteiger partial charge in [0.1, 0.15) is 12.1 Å². The number of rotatable bonds is 2. The number of aliphatic hydroxyl groups is 1. The van der Waals surface area contributed by atoms with E-state index in [1.807, 2.05) is 4.90 Å². The summed E-state index contributed by atoms with van der Waals surface area (Å²) in [7, 11) is 0. The molecule has 1 aromatic carbocycles. The fourth-order valence-electron chi connectivity index (χ4n) is 1.97. The molecule has 0 aromatic heterocycles. The van der Waals surface area contributed by atoms with E-state index in [1.165, 1.54) is 12.1 Å². The average molecular weight is 223 g/mol. The van der Waals surface area contributed by atoms with E-state index < -0.39 is 5.82 Å². The van der Waals surface area contributed by atoms with Gasteiger partial charge in [-0.3, -0.25) is 4.79 Å². The number of halogens is 1. The lowest BCUT2D eigenvalue weighted by Gasteiger charge is -2.31.